The van der Waals surface area contributed by atoms with E-state index in [1.54, 1.807) is 4.90 Å². The number of urea groups is 1. The Hall–Kier alpha value is -1.84. The summed E-state index contributed by atoms with van der Waals surface area (Å²) in [5.41, 5.74) is 1.28. The van der Waals surface area contributed by atoms with E-state index in [-0.39, 0.29) is 17.9 Å². The number of benzene rings is 1. The molecular weight excluding hydrogens is 240 g/mol. The summed E-state index contributed by atoms with van der Waals surface area (Å²) in [6, 6.07) is 10.0. The SMILES string of the molecule is CC1CN(CCC(C)c2ccccc2)C(=O)NC1=O. The fourth-order valence-electron chi connectivity index (χ4n) is 2.29. The number of hydrogen-bond acceptors (Lipinski definition) is 2. The first-order chi connectivity index (χ1) is 9.08. The zero-order valence-corrected chi connectivity index (χ0v) is 11.4. The minimum absolute atomic E-state index is 0.121. The number of carbonyl (C=O) groups excluding carboxylic acids is 2. The molecule has 1 saturated heterocycles. The van der Waals surface area contributed by atoms with Crippen LogP contribution in [0.15, 0.2) is 30.3 Å². The average Bonchev–Trinajstić information content (AvgIpc) is 2.42. The number of nitrogens with one attached hydrogen (secondary N) is 1. The molecule has 4 heteroatoms. The highest BCUT2D eigenvalue weighted by Gasteiger charge is 2.28. The van der Waals surface area contributed by atoms with Crippen LogP contribution in [0.4, 0.5) is 4.79 Å². The molecule has 1 N–H and O–H groups in total. The molecule has 0 radical (unpaired) electrons. The lowest BCUT2D eigenvalue weighted by Gasteiger charge is -2.31. The molecule has 3 amide bonds. The van der Waals surface area contributed by atoms with E-state index < -0.39 is 0 Å². The summed E-state index contributed by atoms with van der Waals surface area (Å²) in [5, 5.41) is 2.39. The molecule has 1 aromatic carbocycles. The molecule has 0 saturated carbocycles. The summed E-state index contributed by atoms with van der Waals surface area (Å²) in [6.45, 7) is 5.20. The smallest absolute Gasteiger partial charge is 0.324 e. The van der Waals surface area contributed by atoms with Gasteiger partial charge < -0.3 is 4.90 Å². The summed E-state index contributed by atoms with van der Waals surface area (Å²) >= 11 is 0. The van der Waals surface area contributed by atoms with Gasteiger partial charge in [0.05, 0.1) is 5.92 Å². The van der Waals surface area contributed by atoms with Crippen molar-refractivity contribution >= 4 is 11.9 Å². The molecule has 0 aliphatic carbocycles. The fraction of sp³-hybridized carbons (Fsp3) is 0.467. The highest BCUT2D eigenvalue weighted by Crippen LogP contribution is 2.19. The van der Waals surface area contributed by atoms with Crippen molar-refractivity contribution in [3.05, 3.63) is 35.9 Å². The lowest BCUT2D eigenvalue weighted by Crippen LogP contribution is -2.53. The molecule has 4 nitrogen and oxygen atoms in total. The van der Waals surface area contributed by atoms with Crippen molar-refractivity contribution in [2.45, 2.75) is 26.2 Å². The van der Waals surface area contributed by atoms with Crippen LogP contribution in [-0.4, -0.2) is 29.9 Å². The van der Waals surface area contributed by atoms with E-state index in [2.05, 4.69) is 24.4 Å². The Labute approximate surface area is 113 Å². The van der Waals surface area contributed by atoms with Crippen LogP contribution in [0.1, 0.15) is 31.7 Å². The minimum Gasteiger partial charge on any atom is -0.324 e. The number of hydrogen-bond donors (Lipinski definition) is 1. The van der Waals surface area contributed by atoms with Crippen molar-refractivity contribution in [1.29, 1.82) is 0 Å². The second-order valence-corrected chi connectivity index (χ2v) is 5.24. The largest absolute Gasteiger partial charge is 0.324 e. The van der Waals surface area contributed by atoms with Crippen molar-refractivity contribution in [3.63, 3.8) is 0 Å². The van der Waals surface area contributed by atoms with Crippen LogP contribution in [0.2, 0.25) is 0 Å². The Balaban J connectivity index is 1.88. The first kappa shape index (κ1) is 13.6. The maximum atomic E-state index is 11.7. The average molecular weight is 260 g/mol. The highest BCUT2D eigenvalue weighted by molar-refractivity contribution is 5.97. The van der Waals surface area contributed by atoms with Gasteiger partial charge >= 0.3 is 6.03 Å². The first-order valence-electron chi connectivity index (χ1n) is 6.72. The van der Waals surface area contributed by atoms with E-state index in [1.165, 1.54) is 5.56 Å². The number of amides is 3. The molecule has 2 atom stereocenters. The summed E-state index contributed by atoms with van der Waals surface area (Å²) in [6.07, 6.45) is 0.901. The molecule has 0 spiro atoms. The van der Waals surface area contributed by atoms with Gasteiger partial charge in [0.25, 0.3) is 0 Å². The minimum atomic E-state index is -0.261. The van der Waals surface area contributed by atoms with Crippen molar-refractivity contribution in [3.8, 4) is 0 Å². The standard InChI is InChI=1S/C15H20N2O2/c1-11(13-6-4-3-5-7-13)8-9-17-10-12(2)14(18)16-15(17)19/h3-7,11-12H,8-10H2,1-2H3,(H,16,18,19). The first-order valence-corrected chi connectivity index (χ1v) is 6.72. The van der Waals surface area contributed by atoms with Gasteiger partial charge in [-0.2, -0.15) is 0 Å². The maximum absolute atomic E-state index is 11.7. The maximum Gasteiger partial charge on any atom is 0.324 e. The van der Waals surface area contributed by atoms with Crippen LogP contribution in [0.25, 0.3) is 0 Å². The highest BCUT2D eigenvalue weighted by atomic mass is 16.2. The molecule has 1 aliphatic rings. The Morgan fingerprint density at radius 3 is 2.68 bits per heavy atom. The zero-order chi connectivity index (χ0) is 13.8. The predicted octanol–water partition coefficient (Wildman–Crippen LogP) is 2.37. The number of nitrogens with zero attached hydrogens (tertiary/aromatic N) is 1. The van der Waals surface area contributed by atoms with Crippen molar-refractivity contribution in [1.82, 2.24) is 10.2 Å². The van der Waals surface area contributed by atoms with E-state index in [0.29, 0.717) is 19.0 Å². The molecule has 1 aromatic rings. The van der Waals surface area contributed by atoms with Gasteiger partial charge in [-0.1, -0.05) is 44.2 Å². The summed E-state index contributed by atoms with van der Waals surface area (Å²) in [4.78, 5) is 24.8. The van der Waals surface area contributed by atoms with Crippen molar-refractivity contribution in [2.24, 2.45) is 5.92 Å². The monoisotopic (exact) mass is 260 g/mol. The van der Waals surface area contributed by atoms with Crippen LogP contribution in [0.5, 0.6) is 0 Å². The quantitative estimate of drug-likeness (QED) is 0.903. The third-order valence-electron chi connectivity index (χ3n) is 3.66. The second-order valence-electron chi connectivity index (χ2n) is 5.24. The second kappa shape index (κ2) is 5.87. The van der Waals surface area contributed by atoms with Gasteiger partial charge in [0.1, 0.15) is 0 Å². The zero-order valence-electron chi connectivity index (χ0n) is 11.4. The van der Waals surface area contributed by atoms with E-state index in [9.17, 15) is 9.59 Å². The third-order valence-corrected chi connectivity index (χ3v) is 3.66. The topological polar surface area (TPSA) is 49.4 Å². The molecule has 1 heterocycles. The Morgan fingerprint density at radius 2 is 2.00 bits per heavy atom. The molecule has 0 aromatic heterocycles. The van der Waals surface area contributed by atoms with Crippen LogP contribution >= 0.6 is 0 Å². The lowest BCUT2D eigenvalue weighted by molar-refractivity contribution is -0.125. The van der Waals surface area contributed by atoms with E-state index >= 15 is 0 Å². The van der Waals surface area contributed by atoms with Crippen LogP contribution < -0.4 is 5.32 Å². The van der Waals surface area contributed by atoms with Gasteiger partial charge in [-0.05, 0) is 17.9 Å². The summed E-state index contributed by atoms with van der Waals surface area (Å²) in [5.74, 6) is 0.115. The fourth-order valence-corrected chi connectivity index (χ4v) is 2.29. The van der Waals surface area contributed by atoms with E-state index in [4.69, 9.17) is 0 Å². The van der Waals surface area contributed by atoms with Gasteiger partial charge in [-0.25, -0.2) is 4.79 Å². The molecule has 1 aliphatic heterocycles. The molecule has 1 fully saturated rings. The lowest BCUT2D eigenvalue weighted by atomic mass is 9.97. The predicted molar refractivity (Wildman–Crippen MR) is 73.7 cm³/mol. The number of imide groups is 1. The molecule has 0 bridgehead atoms. The summed E-state index contributed by atoms with van der Waals surface area (Å²) < 4.78 is 0. The number of rotatable bonds is 4. The molecule has 102 valence electrons. The van der Waals surface area contributed by atoms with E-state index in [1.807, 2.05) is 25.1 Å². The van der Waals surface area contributed by atoms with Gasteiger partial charge in [0, 0.05) is 13.1 Å². The van der Waals surface area contributed by atoms with E-state index in [0.717, 1.165) is 6.42 Å². The molecule has 2 rings (SSSR count). The van der Waals surface area contributed by atoms with Crippen molar-refractivity contribution < 1.29 is 9.59 Å². The molecule has 19 heavy (non-hydrogen) atoms. The Kier molecular flexibility index (Phi) is 4.20. The van der Waals surface area contributed by atoms with Crippen molar-refractivity contribution in [2.75, 3.05) is 13.1 Å². The van der Waals surface area contributed by atoms with Crippen LogP contribution in [0.3, 0.4) is 0 Å². The summed E-state index contributed by atoms with van der Waals surface area (Å²) in [7, 11) is 0. The normalized spacial score (nSPS) is 21.2. The van der Waals surface area contributed by atoms with Gasteiger partial charge in [0.15, 0.2) is 0 Å². The number of carbonyl (C=O) groups is 2. The third kappa shape index (κ3) is 3.34. The Morgan fingerprint density at radius 1 is 1.32 bits per heavy atom. The van der Waals surface area contributed by atoms with Crippen LogP contribution in [0, 0.1) is 5.92 Å². The van der Waals surface area contributed by atoms with Gasteiger partial charge in [-0.15, -0.1) is 0 Å². The van der Waals surface area contributed by atoms with Gasteiger partial charge in [-0.3, -0.25) is 10.1 Å². The van der Waals surface area contributed by atoms with Crippen LogP contribution in [-0.2, 0) is 4.79 Å². The van der Waals surface area contributed by atoms with Gasteiger partial charge in [0.2, 0.25) is 5.91 Å². The molecule has 2 unspecified atom stereocenters. The Bertz CT molecular complexity index is 458. The molecular formula is C15H20N2O2.